The zero-order chi connectivity index (χ0) is 23.1. The van der Waals surface area contributed by atoms with Crippen molar-refractivity contribution in [1.29, 1.82) is 0 Å². The zero-order valence-corrected chi connectivity index (χ0v) is 19.2. The molecule has 32 heavy (non-hydrogen) atoms. The standard InChI is InChI=1S/C25H33N3O4/c1-16(2)13-21(28-25(30)26-15-19-7-5-17(3)6-8-19)24(29)27-18(4)20-9-10-22-23(14-20)32-12-11-31-22/h5-10,14,16,18,21H,11-13,15H2,1-4H3,(H,27,29)(H2,26,28,30)/t18-,21+/m0/s1. The van der Waals surface area contributed by atoms with Gasteiger partial charge in [-0.05, 0) is 49.4 Å². The van der Waals surface area contributed by atoms with E-state index in [4.69, 9.17) is 9.47 Å². The third-order valence-corrected chi connectivity index (χ3v) is 5.33. The van der Waals surface area contributed by atoms with Crippen LogP contribution in [0, 0.1) is 12.8 Å². The maximum atomic E-state index is 13.0. The molecule has 3 rings (SSSR count). The number of fused-ring (bicyclic) bond motifs is 1. The van der Waals surface area contributed by atoms with Crippen molar-refractivity contribution in [2.75, 3.05) is 13.2 Å². The Bertz CT molecular complexity index is 927. The van der Waals surface area contributed by atoms with Crippen molar-refractivity contribution >= 4 is 11.9 Å². The highest BCUT2D eigenvalue weighted by Crippen LogP contribution is 2.32. The molecule has 2 aromatic carbocycles. The molecule has 0 unspecified atom stereocenters. The van der Waals surface area contributed by atoms with Crippen LogP contribution in [0.25, 0.3) is 0 Å². The number of rotatable bonds is 8. The van der Waals surface area contributed by atoms with Crippen molar-refractivity contribution in [3.8, 4) is 11.5 Å². The first-order chi connectivity index (χ1) is 15.3. The lowest BCUT2D eigenvalue weighted by atomic mass is 10.0. The van der Waals surface area contributed by atoms with Gasteiger partial charge in [-0.15, -0.1) is 0 Å². The summed E-state index contributed by atoms with van der Waals surface area (Å²) in [4.78, 5) is 25.5. The van der Waals surface area contributed by atoms with Gasteiger partial charge in [0.25, 0.3) is 0 Å². The Labute approximate surface area is 189 Å². The van der Waals surface area contributed by atoms with Gasteiger partial charge in [-0.25, -0.2) is 4.79 Å². The molecule has 2 atom stereocenters. The molecule has 1 aliphatic rings. The number of hydrogen-bond acceptors (Lipinski definition) is 4. The number of urea groups is 1. The van der Waals surface area contributed by atoms with E-state index in [1.165, 1.54) is 5.56 Å². The highest BCUT2D eigenvalue weighted by atomic mass is 16.6. The summed E-state index contributed by atoms with van der Waals surface area (Å²) in [5, 5.41) is 8.68. The highest BCUT2D eigenvalue weighted by molar-refractivity contribution is 5.87. The van der Waals surface area contributed by atoms with Gasteiger partial charge in [0, 0.05) is 6.54 Å². The lowest BCUT2D eigenvalue weighted by molar-refractivity contribution is -0.124. The van der Waals surface area contributed by atoms with Crippen LogP contribution in [0.3, 0.4) is 0 Å². The molecule has 0 aliphatic carbocycles. The number of nitrogens with one attached hydrogen (secondary N) is 3. The molecule has 0 fully saturated rings. The summed E-state index contributed by atoms with van der Waals surface area (Å²) in [7, 11) is 0. The highest BCUT2D eigenvalue weighted by Gasteiger charge is 2.24. The maximum Gasteiger partial charge on any atom is 0.315 e. The largest absolute Gasteiger partial charge is 0.486 e. The van der Waals surface area contributed by atoms with E-state index in [2.05, 4.69) is 16.0 Å². The smallest absolute Gasteiger partial charge is 0.315 e. The first kappa shape index (κ1) is 23.4. The summed E-state index contributed by atoms with van der Waals surface area (Å²) in [5.74, 6) is 1.42. The van der Waals surface area contributed by atoms with E-state index < -0.39 is 6.04 Å². The average molecular weight is 440 g/mol. The third-order valence-electron chi connectivity index (χ3n) is 5.33. The van der Waals surface area contributed by atoms with Crippen molar-refractivity contribution in [1.82, 2.24) is 16.0 Å². The van der Waals surface area contributed by atoms with Gasteiger partial charge in [-0.3, -0.25) is 4.79 Å². The number of carbonyl (C=O) groups excluding carboxylic acids is 2. The minimum atomic E-state index is -0.632. The average Bonchev–Trinajstić information content (AvgIpc) is 2.77. The van der Waals surface area contributed by atoms with Crippen LogP contribution in [0.15, 0.2) is 42.5 Å². The van der Waals surface area contributed by atoms with Gasteiger partial charge in [-0.1, -0.05) is 49.7 Å². The van der Waals surface area contributed by atoms with Crippen molar-refractivity contribution in [3.63, 3.8) is 0 Å². The summed E-state index contributed by atoms with van der Waals surface area (Å²) in [5.41, 5.74) is 3.08. The second-order valence-corrected chi connectivity index (χ2v) is 8.63. The van der Waals surface area contributed by atoms with Gasteiger partial charge in [0.05, 0.1) is 6.04 Å². The summed E-state index contributed by atoms with van der Waals surface area (Å²) >= 11 is 0. The monoisotopic (exact) mass is 439 g/mol. The van der Waals surface area contributed by atoms with Crippen molar-refractivity contribution < 1.29 is 19.1 Å². The third kappa shape index (κ3) is 6.64. The van der Waals surface area contributed by atoms with Gasteiger partial charge in [0.15, 0.2) is 11.5 Å². The lowest BCUT2D eigenvalue weighted by Gasteiger charge is -2.24. The lowest BCUT2D eigenvalue weighted by Crippen LogP contribution is -2.50. The van der Waals surface area contributed by atoms with Gasteiger partial charge >= 0.3 is 6.03 Å². The molecular weight excluding hydrogens is 406 g/mol. The van der Waals surface area contributed by atoms with Crippen LogP contribution in [-0.2, 0) is 11.3 Å². The Morgan fingerprint density at radius 3 is 2.31 bits per heavy atom. The molecule has 0 saturated heterocycles. The molecule has 0 saturated carbocycles. The van der Waals surface area contributed by atoms with E-state index in [1.54, 1.807) is 0 Å². The molecule has 172 valence electrons. The number of amides is 3. The minimum absolute atomic E-state index is 0.216. The number of hydrogen-bond donors (Lipinski definition) is 3. The van der Waals surface area contributed by atoms with Crippen LogP contribution < -0.4 is 25.4 Å². The number of ether oxygens (including phenoxy) is 2. The Balaban J connectivity index is 1.58. The van der Waals surface area contributed by atoms with Gasteiger partial charge in [0.1, 0.15) is 19.3 Å². The Morgan fingerprint density at radius 2 is 1.62 bits per heavy atom. The van der Waals surface area contributed by atoms with E-state index in [-0.39, 0.29) is 23.9 Å². The van der Waals surface area contributed by atoms with Crippen LogP contribution >= 0.6 is 0 Å². The first-order valence-corrected chi connectivity index (χ1v) is 11.1. The second-order valence-electron chi connectivity index (χ2n) is 8.63. The second kappa shape index (κ2) is 10.9. The molecule has 1 heterocycles. The van der Waals surface area contributed by atoms with Crippen LogP contribution in [0.2, 0.25) is 0 Å². The predicted octanol–water partition coefficient (Wildman–Crippen LogP) is 3.86. The quantitative estimate of drug-likeness (QED) is 0.583. The molecular formula is C25H33N3O4. The fourth-order valence-corrected chi connectivity index (χ4v) is 3.53. The van der Waals surface area contributed by atoms with Gasteiger partial charge in [0.2, 0.25) is 5.91 Å². The fourth-order valence-electron chi connectivity index (χ4n) is 3.53. The van der Waals surface area contributed by atoms with E-state index in [0.717, 1.165) is 11.1 Å². The summed E-state index contributed by atoms with van der Waals surface area (Å²) in [6.07, 6.45) is 0.539. The molecule has 0 bridgehead atoms. The molecule has 2 aromatic rings. The molecule has 3 amide bonds. The number of benzene rings is 2. The molecule has 3 N–H and O–H groups in total. The molecule has 1 aliphatic heterocycles. The van der Waals surface area contributed by atoms with Gasteiger partial charge < -0.3 is 25.4 Å². The summed E-state index contributed by atoms with van der Waals surface area (Å²) in [6, 6.07) is 12.4. The molecule has 0 aromatic heterocycles. The van der Waals surface area contributed by atoms with Crippen LogP contribution in [0.1, 0.15) is 49.9 Å². The van der Waals surface area contributed by atoms with Crippen molar-refractivity contribution in [2.45, 2.75) is 52.7 Å². The van der Waals surface area contributed by atoms with Crippen LogP contribution in [0.5, 0.6) is 11.5 Å². The number of aryl methyl sites for hydroxylation is 1. The summed E-state index contributed by atoms with van der Waals surface area (Å²) < 4.78 is 11.2. The van der Waals surface area contributed by atoms with E-state index in [9.17, 15) is 9.59 Å². The molecule has 0 spiro atoms. The fraction of sp³-hybridized carbons (Fsp3) is 0.440. The van der Waals surface area contributed by atoms with Crippen LogP contribution in [0.4, 0.5) is 4.79 Å². The van der Waals surface area contributed by atoms with E-state index >= 15 is 0 Å². The minimum Gasteiger partial charge on any atom is -0.486 e. The molecule has 0 radical (unpaired) electrons. The Kier molecular flexibility index (Phi) is 7.98. The maximum absolute atomic E-state index is 13.0. The topological polar surface area (TPSA) is 88.7 Å². The molecule has 7 heteroatoms. The predicted molar refractivity (Wildman–Crippen MR) is 124 cm³/mol. The Hall–Kier alpha value is -3.22. The SMILES string of the molecule is Cc1ccc(CNC(=O)N[C@H](CC(C)C)C(=O)N[C@@H](C)c2ccc3c(c2)OCCO3)cc1. The first-order valence-electron chi connectivity index (χ1n) is 11.1. The summed E-state index contributed by atoms with van der Waals surface area (Å²) in [6.45, 7) is 9.42. The van der Waals surface area contributed by atoms with E-state index in [0.29, 0.717) is 37.7 Å². The van der Waals surface area contributed by atoms with Crippen molar-refractivity contribution in [3.05, 3.63) is 59.2 Å². The van der Waals surface area contributed by atoms with Gasteiger partial charge in [-0.2, -0.15) is 0 Å². The number of carbonyl (C=O) groups is 2. The molecule has 7 nitrogen and oxygen atoms in total. The van der Waals surface area contributed by atoms with Crippen LogP contribution in [-0.4, -0.2) is 31.2 Å². The normalized spacial score (nSPS) is 14.4. The Morgan fingerprint density at radius 1 is 0.938 bits per heavy atom. The van der Waals surface area contributed by atoms with Crippen molar-refractivity contribution in [2.24, 2.45) is 5.92 Å². The van der Waals surface area contributed by atoms with E-state index in [1.807, 2.05) is 70.2 Å². The zero-order valence-electron chi connectivity index (χ0n) is 19.2.